The van der Waals surface area contributed by atoms with Crippen molar-refractivity contribution in [2.24, 2.45) is 0 Å². The van der Waals surface area contributed by atoms with Crippen LogP contribution in [0, 0.1) is 0 Å². The molecule has 0 unspecified atom stereocenters. The Morgan fingerprint density at radius 2 is 1.69 bits per heavy atom. The van der Waals surface area contributed by atoms with E-state index in [0.29, 0.717) is 42.4 Å². The number of methoxy groups -OCH3 is 1. The number of benzene rings is 2. The summed E-state index contributed by atoms with van der Waals surface area (Å²) in [6, 6.07) is 13.7. The SMILES string of the molecule is CCOc1cc(NC(=O)NCCNC(=O)c2ccccc2)ccc1OC. The zero-order valence-corrected chi connectivity index (χ0v) is 14.9. The van der Waals surface area contributed by atoms with E-state index < -0.39 is 0 Å². The molecule has 0 aromatic heterocycles. The fourth-order valence-electron chi connectivity index (χ4n) is 2.24. The number of urea groups is 1. The summed E-state index contributed by atoms with van der Waals surface area (Å²) in [7, 11) is 1.56. The molecule has 0 aliphatic carbocycles. The minimum absolute atomic E-state index is 0.177. The van der Waals surface area contributed by atoms with Gasteiger partial charge in [0.05, 0.1) is 13.7 Å². The van der Waals surface area contributed by atoms with Gasteiger partial charge in [-0.25, -0.2) is 4.79 Å². The van der Waals surface area contributed by atoms with Gasteiger partial charge in [0.2, 0.25) is 0 Å². The standard InChI is InChI=1S/C19H23N3O4/c1-3-26-17-13-15(9-10-16(17)25-2)22-19(24)21-12-11-20-18(23)14-7-5-4-6-8-14/h4-10,13H,3,11-12H2,1-2H3,(H,20,23)(H2,21,22,24). The molecule has 138 valence electrons. The minimum Gasteiger partial charge on any atom is -0.493 e. The van der Waals surface area contributed by atoms with Gasteiger partial charge in [-0.2, -0.15) is 0 Å². The largest absolute Gasteiger partial charge is 0.493 e. The lowest BCUT2D eigenvalue weighted by atomic mass is 10.2. The lowest BCUT2D eigenvalue weighted by Crippen LogP contribution is -2.36. The van der Waals surface area contributed by atoms with E-state index in [1.54, 1.807) is 49.6 Å². The summed E-state index contributed by atoms with van der Waals surface area (Å²) in [5.41, 5.74) is 1.17. The molecule has 0 aliphatic rings. The van der Waals surface area contributed by atoms with Gasteiger partial charge in [0.1, 0.15) is 0 Å². The number of rotatable bonds is 8. The lowest BCUT2D eigenvalue weighted by molar-refractivity contribution is 0.0954. The molecule has 0 radical (unpaired) electrons. The van der Waals surface area contributed by atoms with E-state index in [9.17, 15) is 9.59 Å². The van der Waals surface area contributed by atoms with Crippen molar-refractivity contribution in [3.05, 3.63) is 54.1 Å². The van der Waals surface area contributed by atoms with E-state index in [1.165, 1.54) is 0 Å². The van der Waals surface area contributed by atoms with Gasteiger partial charge in [-0.1, -0.05) is 18.2 Å². The molecule has 7 heteroatoms. The summed E-state index contributed by atoms with van der Waals surface area (Å²) >= 11 is 0. The van der Waals surface area contributed by atoms with Gasteiger partial charge in [0.15, 0.2) is 11.5 Å². The summed E-state index contributed by atoms with van der Waals surface area (Å²) in [4.78, 5) is 23.8. The van der Waals surface area contributed by atoms with E-state index >= 15 is 0 Å². The highest BCUT2D eigenvalue weighted by atomic mass is 16.5. The van der Waals surface area contributed by atoms with Gasteiger partial charge in [0.25, 0.3) is 5.91 Å². The zero-order chi connectivity index (χ0) is 18.8. The first kappa shape index (κ1) is 19.1. The van der Waals surface area contributed by atoms with Crippen molar-refractivity contribution < 1.29 is 19.1 Å². The van der Waals surface area contributed by atoms with Crippen LogP contribution in [-0.2, 0) is 0 Å². The molecule has 0 atom stereocenters. The molecule has 0 spiro atoms. The number of carbonyl (C=O) groups is 2. The highest BCUT2D eigenvalue weighted by molar-refractivity contribution is 5.94. The second-order valence-electron chi connectivity index (χ2n) is 5.30. The third-order valence-electron chi connectivity index (χ3n) is 3.45. The average molecular weight is 357 g/mol. The Labute approximate surface area is 152 Å². The van der Waals surface area contributed by atoms with Crippen molar-refractivity contribution in [2.45, 2.75) is 6.92 Å². The Hall–Kier alpha value is -3.22. The fourth-order valence-corrected chi connectivity index (χ4v) is 2.24. The minimum atomic E-state index is -0.369. The normalized spacial score (nSPS) is 9.92. The van der Waals surface area contributed by atoms with E-state index in [1.807, 2.05) is 13.0 Å². The van der Waals surface area contributed by atoms with E-state index in [0.717, 1.165) is 0 Å². The number of anilines is 1. The van der Waals surface area contributed by atoms with Crippen LogP contribution in [0.3, 0.4) is 0 Å². The van der Waals surface area contributed by atoms with Crippen molar-refractivity contribution in [1.29, 1.82) is 0 Å². The van der Waals surface area contributed by atoms with Crippen molar-refractivity contribution in [2.75, 3.05) is 32.1 Å². The Morgan fingerprint density at radius 3 is 2.38 bits per heavy atom. The third kappa shape index (κ3) is 5.70. The van der Waals surface area contributed by atoms with Gasteiger partial charge >= 0.3 is 6.03 Å². The molecule has 0 bridgehead atoms. The third-order valence-corrected chi connectivity index (χ3v) is 3.45. The molecule has 0 fully saturated rings. The van der Waals surface area contributed by atoms with Gasteiger partial charge in [-0.05, 0) is 31.2 Å². The molecule has 7 nitrogen and oxygen atoms in total. The van der Waals surface area contributed by atoms with Crippen molar-refractivity contribution in [3.8, 4) is 11.5 Å². The average Bonchev–Trinajstić information content (AvgIpc) is 2.66. The second kappa shape index (κ2) is 9.93. The number of ether oxygens (including phenoxy) is 2. The number of hydrogen-bond acceptors (Lipinski definition) is 4. The summed E-state index contributed by atoms with van der Waals surface area (Å²) in [6.07, 6.45) is 0. The molecule has 0 aliphatic heterocycles. The Bertz CT molecular complexity index is 735. The molecular formula is C19H23N3O4. The maximum absolute atomic E-state index is 11.9. The number of nitrogens with one attached hydrogen (secondary N) is 3. The van der Waals surface area contributed by atoms with Crippen LogP contribution >= 0.6 is 0 Å². The quantitative estimate of drug-likeness (QED) is 0.634. The molecule has 0 saturated heterocycles. The maximum atomic E-state index is 11.9. The molecule has 3 N–H and O–H groups in total. The first-order chi connectivity index (χ1) is 12.6. The highest BCUT2D eigenvalue weighted by Gasteiger charge is 2.08. The molecule has 0 saturated carbocycles. The lowest BCUT2D eigenvalue weighted by Gasteiger charge is -2.12. The van der Waals surface area contributed by atoms with Gasteiger partial charge in [-0.15, -0.1) is 0 Å². The Morgan fingerprint density at radius 1 is 0.962 bits per heavy atom. The van der Waals surface area contributed by atoms with Crippen molar-refractivity contribution in [3.63, 3.8) is 0 Å². The number of carbonyl (C=O) groups excluding carboxylic acids is 2. The van der Waals surface area contributed by atoms with Crippen LogP contribution in [0.5, 0.6) is 11.5 Å². The van der Waals surface area contributed by atoms with Crippen LogP contribution in [0.15, 0.2) is 48.5 Å². The van der Waals surface area contributed by atoms with E-state index in [-0.39, 0.29) is 11.9 Å². The molecule has 2 aromatic carbocycles. The molecule has 2 aromatic rings. The Kier molecular flexibility index (Phi) is 7.30. The summed E-state index contributed by atoms with van der Waals surface area (Å²) < 4.78 is 10.7. The highest BCUT2D eigenvalue weighted by Crippen LogP contribution is 2.30. The van der Waals surface area contributed by atoms with Gasteiger partial charge in [-0.3, -0.25) is 4.79 Å². The van der Waals surface area contributed by atoms with E-state index in [2.05, 4.69) is 16.0 Å². The van der Waals surface area contributed by atoms with Gasteiger partial charge < -0.3 is 25.4 Å². The van der Waals surface area contributed by atoms with Crippen LogP contribution in [-0.4, -0.2) is 38.7 Å². The van der Waals surface area contributed by atoms with Crippen molar-refractivity contribution in [1.82, 2.24) is 10.6 Å². The zero-order valence-electron chi connectivity index (χ0n) is 14.9. The van der Waals surface area contributed by atoms with Crippen LogP contribution in [0.4, 0.5) is 10.5 Å². The van der Waals surface area contributed by atoms with Crippen molar-refractivity contribution >= 4 is 17.6 Å². The second-order valence-corrected chi connectivity index (χ2v) is 5.30. The summed E-state index contributed by atoms with van der Waals surface area (Å²) in [5.74, 6) is 0.980. The topological polar surface area (TPSA) is 88.7 Å². The number of hydrogen-bond donors (Lipinski definition) is 3. The van der Waals surface area contributed by atoms with Crippen LogP contribution in [0.2, 0.25) is 0 Å². The Balaban J connectivity index is 1.76. The predicted octanol–water partition coefficient (Wildman–Crippen LogP) is 2.65. The first-order valence-corrected chi connectivity index (χ1v) is 8.33. The fraction of sp³-hybridized carbons (Fsp3) is 0.263. The monoisotopic (exact) mass is 357 g/mol. The maximum Gasteiger partial charge on any atom is 0.319 e. The van der Waals surface area contributed by atoms with Crippen LogP contribution < -0.4 is 25.4 Å². The predicted molar refractivity (Wildman–Crippen MR) is 100.0 cm³/mol. The number of amides is 3. The molecule has 0 heterocycles. The molecule has 26 heavy (non-hydrogen) atoms. The summed E-state index contributed by atoms with van der Waals surface area (Å²) in [6.45, 7) is 3.00. The van der Waals surface area contributed by atoms with E-state index in [4.69, 9.17) is 9.47 Å². The van der Waals surface area contributed by atoms with Crippen LogP contribution in [0.25, 0.3) is 0 Å². The van der Waals surface area contributed by atoms with Crippen LogP contribution in [0.1, 0.15) is 17.3 Å². The molecule has 3 amide bonds. The molecule has 2 rings (SSSR count). The summed E-state index contributed by atoms with van der Waals surface area (Å²) in [5, 5.41) is 8.14. The first-order valence-electron chi connectivity index (χ1n) is 8.33. The van der Waals surface area contributed by atoms with Gasteiger partial charge in [0, 0.05) is 30.4 Å². The molecular weight excluding hydrogens is 334 g/mol. The smallest absolute Gasteiger partial charge is 0.319 e.